The molecule has 0 atom stereocenters. The molecule has 1 N–H and O–H groups in total. The van der Waals surface area contributed by atoms with Crippen molar-refractivity contribution in [1.29, 1.82) is 0 Å². The highest BCUT2D eigenvalue weighted by molar-refractivity contribution is 5.95. The maximum absolute atomic E-state index is 12.4. The summed E-state index contributed by atoms with van der Waals surface area (Å²) in [5.74, 6) is -0.939. The number of nitro groups is 1. The molecule has 2 aromatic rings. The Morgan fingerprint density at radius 3 is 2.41 bits per heavy atom. The topological polar surface area (TPSA) is 108 Å². The Morgan fingerprint density at radius 1 is 1.15 bits per heavy atom. The third-order valence-electron chi connectivity index (χ3n) is 4.01. The lowest BCUT2D eigenvalue weighted by molar-refractivity contribution is -0.384. The van der Waals surface area contributed by atoms with Crippen LogP contribution in [-0.4, -0.2) is 30.5 Å². The zero-order valence-electron chi connectivity index (χ0n) is 15.2. The number of benzene rings is 2. The van der Waals surface area contributed by atoms with Gasteiger partial charge in [-0.3, -0.25) is 19.7 Å². The van der Waals surface area contributed by atoms with Crippen molar-refractivity contribution in [2.45, 2.75) is 19.3 Å². The minimum atomic E-state index is -0.926. The third-order valence-corrected chi connectivity index (χ3v) is 4.01. The number of carbonyl (C=O) groups excluding carboxylic acids is 2. The van der Waals surface area contributed by atoms with E-state index in [9.17, 15) is 19.7 Å². The first-order chi connectivity index (χ1) is 12.8. The highest BCUT2D eigenvalue weighted by Crippen LogP contribution is 2.29. The largest absolute Gasteiger partial charge is 0.495 e. The van der Waals surface area contributed by atoms with E-state index in [-0.39, 0.29) is 17.1 Å². The number of rotatable bonds is 7. The van der Waals surface area contributed by atoms with Gasteiger partial charge in [-0.15, -0.1) is 0 Å². The maximum Gasteiger partial charge on any atom is 0.316 e. The molecule has 0 radical (unpaired) electrons. The van der Waals surface area contributed by atoms with Crippen molar-refractivity contribution >= 4 is 23.3 Å². The van der Waals surface area contributed by atoms with Gasteiger partial charge in [0.25, 0.3) is 11.6 Å². The molecule has 0 spiro atoms. The molecule has 2 rings (SSSR count). The number of nitrogens with one attached hydrogen (secondary N) is 1. The molecule has 142 valence electrons. The van der Waals surface area contributed by atoms with Gasteiger partial charge in [0.1, 0.15) is 5.75 Å². The summed E-state index contributed by atoms with van der Waals surface area (Å²) < 4.78 is 10.2. The Balaban J connectivity index is 2.03. The van der Waals surface area contributed by atoms with Crippen molar-refractivity contribution in [2.75, 3.05) is 19.0 Å². The monoisotopic (exact) mass is 372 g/mol. The number of nitro benzene ring substituents is 1. The van der Waals surface area contributed by atoms with Gasteiger partial charge in [-0.25, -0.2) is 0 Å². The van der Waals surface area contributed by atoms with E-state index in [2.05, 4.69) is 5.32 Å². The van der Waals surface area contributed by atoms with Crippen molar-refractivity contribution in [1.82, 2.24) is 0 Å². The van der Waals surface area contributed by atoms with Gasteiger partial charge in [-0.05, 0) is 25.5 Å². The van der Waals surface area contributed by atoms with Gasteiger partial charge in [-0.2, -0.15) is 0 Å². The molecule has 2 aromatic carbocycles. The van der Waals surface area contributed by atoms with E-state index in [1.54, 1.807) is 26.0 Å². The molecule has 0 saturated heterocycles. The van der Waals surface area contributed by atoms with Crippen LogP contribution < -0.4 is 10.1 Å². The number of non-ortho nitro benzene ring substituents is 1. The fourth-order valence-corrected chi connectivity index (χ4v) is 2.38. The zero-order chi connectivity index (χ0) is 20.0. The lowest BCUT2D eigenvalue weighted by atomic mass is 9.85. The molecule has 0 aromatic heterocycles. The van der Waals surface area contributed by atoms with Gasteiger partial charge in [0.15, 0.2) is 6.61 Å². The van der Waals surface area contributed by atoms with E-state index >= 15 is 0 Å². The van der Waals surface area contributed by atoms with Crippen molar-refractivity contribution in [3.63, 3.8) is 0 Å². The van der Waals surface area contributed by atoms with Crippen molar-refractivity contribution < 1.29 is 24.0 Å². The molecule has 0 bridgehead atoms. The summed E-state index contributed by atoms with van der Waals surface area (Å²) in [5, 5.41) is 13.3. The summed E-state index contributed by atoms with van der Waals surface area (Å²) in [6, 6.07) is 12.9. The number of hydrogen-bond acceptors (Lipinski definition) is 6. The number of esters is 1. The standard InChI is InChI=1S/C19H20N2O6/c1-19(2,13-7-5-4-6-8-13)18(23)27-12-17(22)20-15-11-14(21(24)25)9-10-16(15)26-3/h4-11H,12H2,1-3H3,(H,20,22). The van der Waals surface area contributed by atoms with Crippen LogP contribution in [0.4, 0.5) is 11.4 Å². The molecule has 0 aliphatic rings. The molecule has 0 unspecified atom stereocenters. The van der Waals surface area contributed by atoms with Gasteiger partial charge >= 0.3 is 5.97 Å². The van der Waals surface area contributed by atoms with E-state index in [1.807, 2.05) is 18.2 Å². The number of nitrogens with zero attached hydrogens (tertiary/aromatic N) is 1. The van der Waals surface area contributed by atoms with Crippen LogP contribution in [0.1, 0.15) is 19.4 Å². The lowest BCUT2D eigenvalue weighted by Crippen LogP contribution is -2.33. The maximum atomic E-state index is 12.4. The second kappa shape index (κ2) is 8.31. The summed E-state index contributed by atoms with van der Waals surface area (Å²) in [4.78, 5) is 34.8. The molecular weight excluding hydrogens is 352 g/mol. The van der Waals surface area contributed by atoms with Gasteiger partial charge < -0.3 is 14.8 Å². The van der Waals surface area contributed by atoms with Crippen LogP contribution in [0, 0.1) is 10.1 Å². The van der Waals surface area contributed by atoms with E-state index in [4.69, 9.17) is 9.47 Å². The molecule has 27 heavy (non-hydrogen) atoms. The van der Waals surface area contributed by atoms with E-state index in [1.165, 1.54) is 25.3 Å². The number of carbonyl (C=O) groups is 2. The van der Waals surface area contributed by atoms with Gasteiger partial charge in [0.2, 0.25) is 0 Å². The Morgan fingerprint density at radius 2 is 1.81 bits per heavy atom. The Hall–Kier alpha value is -3.42. The molecule has 8 heteroatoms. The normalized spacial score (nSPS) is 10.8. The van der Waals surface area contributed by atoms with Crippen LogP contribution in [0.25, 0.3) is 0 Å². The minimum Gasteiger partial charge on any atom is -0.495 e. The highest BCUT2D eigenvalue weighted by Gasteiger charge is 2.31. The fourth-order valence-electron chi connectivity index (χ4n) is 2.38. The quantitative estimate of drug-likeness (QED) is 0.455. The number of methoxy groups -OCH3 is 1. The second-order valence-electron chi connectivity index (χ2n) is 6.26. The van der Waals surface area contributed by atoms with Gasteiger partial charge in [0, 0.05) is 12.1 Å². The average Bonchev–Trinajstić information content (AvgIpc) is 2.66. The Labute approximate surface area is 156 Å². The summed E-state index contributed by atoms with van der Waals surface area (Å²) in [7, 11) is 1.37. The van der Waals surface area contributed by atoms with Crippen molar-refractivity contribution in [3.8, 4) is 5.75 Å². The summed E-state index contributed by atoms with van der Waals surface area (Å²) in [5.41, 5.74) is -0.246. The van der Waals surface area contributed by atoms with Crippen LogP contribution in [0.3, 0.4) is 0 Å². The number of anilines is 1. The Bertz CT molecular complexity index is 849. The first kappa shape index (κ1) is 19.9. The average molecular weight is 372 g/mol. The van der Waals surface area contributed by atoms with Gasteiger partial charge in [0.05, 0.1) is 23.1 Å². The van der Waals surface area contributed by atoms with E-state index in [0.717, 1.165) is 5.56 Å². The summed E-state index contributed by atoms with van der Waals surface area (Å²) in [6.45, 7) is 2.87. The Kier molecular flexibility index (Phi) is 6.12. The van der Waals surface area contributed by atoms with E-state index in [0.29, 0.717) is 0 Å². The fraction of sp³-hybridized carbons (Fsp3) is 0.263. The van der Waals surface area contributed by atoms with Crippen LogP contribution in [0.15, 0.2) is 48.5 Å². The zero-order valence-corrected chi connectivity index (χ0v) is 15.2. The molecule has 0 saturated carbocycles. The smallest absolute Gasteiger partial charge is 0.316 e. The lowest BCUT2D eigenvalue weighted by Gasteiger charge is -2.22. The highest BCUT2D eigenvalue weighted by atomic mass is 16.6. The van der Waals surface area contributed by atoms with Crippen LogP contribution in [0.2, 0.25) is 0 Å². The predicted molar refractivity (Wildman–Crippen MR) is 98.7 cm³/mol. The molecule has 8 nitrogen and oxygen atoms in total. The summed E-state index contributed by atoms with van der Waals surface area (Å²) in [6.07, 6.45) is 0. The molecule has 0 aliphatic carbocycles. The molecular formula is C19H20N2O6. The predicted octanol–water partition coefficient (Wildman–Crippen LogP) is 3.06. The van der Waals surface area contributed by atoms with Crippen LogP contribution in [-0.2, 0) is 19.7 Å². The second-order valence-corrected chi connectivity index (χ2v) is 6.26. The molecule has 0 fully saturated rings. The van der Waals surface area contributed by atoms with E-state index < -0.39 is 28.8 Å². The third kappa shape index (κ3) is 4.81. The first-order valence-electron chi connectivity index (χ1n) is 8.10. The number of hydrogen-bond donors (Lipinski definition) is 1. The minimum absolute atomic E-state index is 0.120. The van der Waals surface area contributed by atoms with Gasteiger partial charge in [-0.1, -0.05) is 30.3 Å². The molecule has 0 heterocycles. The first-order valence-corrected chi connectivity index (χ1v) is 8.10. The van der Waals surface area contributed by atoms with Crippen LogP contribution in [0.5, 0.6) is 5.75 Å². The van der Waals surface area contributed by atoms with Crippen LogP contribution >= 0.6 is 0 Å². The number of amides is 1. The molecule has 1 amide bonds. The van der Waals surface area contributed by atoms with Crippen molar-refractivity contribution in [2.24, 2.45) is 0 Å². The van der Waals surface area contributed by atoms with Crippen molar-refractivity contribution in [3.05, 3.63) is 64.2 Å². The number of ether oxygens (including phenoxy) is 2. The molecule has 0 aliphatic heterocycles. The SMILES string of the molecule is COc1ccc([N+](=O)[O-])cc1NC(=O)COC(=O)C(C)(C)c1ccccc1. The summed E-state index contributed by atoms with van der Waals surface area (Å²) >= 11 is 0.